The van der Waals surface area contributed by atoms with Gasteiger partial charge in [-0.25, -0.2) is 0 Å². The quantitative estimate of drug-likeness (QED) is 0.694. The maximum Gasteiger partial charge on any atom is 0.160 e. The van der Waals surface area contributed by atoms with Gasteiger partial charge in [0.25, 0.3) is 0 Å². The number of benzene rings is 2. The van der Waals surface area contributed by atoms with Gasteiger partial charge in [0.1, 0.15) is 12.4 Å². The van der Waals surface area contributed by atoms with E-state index in [1.807, 2.05) is 0 Å². The normalized spacial score (nSPS) is 19.8. The van der Waals surface area contributed by atoms with Gasteiger partial charge >= 0.3 is 0 Å². The van der Waals surface area contributed by atoms with Crippen molar-refractivity contribution in [2.75, 3.05) is 20.8 Å². The third kappa shape index (κ3) is 6.31. The third-order valence-electron chi connectivity index (χ3n) is 3.21. The van der Waals surface area contributed by atoms with Crippen LogP contribution in [0.1, 0.15) is 46.8 Å². The lowest BCUT2D eigenvalue weighted by atomic mass is 10.0. The van der Waals surface area contributed by atoms with Crippen molar-refractivity contribution in [3.8, 4) is 17.2 Å². The molecule has 25 heavy (non-hydrogen) atoms. The van der Waals surface area contributed by atoms with Crippen LogP contribution in [0.2, 0.25) is 0 Å². The molecule has 0 saturated heterocycles. The van der Waals surface area contributed by atoms with Crippen molar-refractivity contribution in [3.63, 3.8) is 0 Å². The van der Waals surface area contributed by atoms with Crippen molar-refractivity contribution in [2.45, 2.75) is 38.7 Å². The first kappa shape index (κ1) is 8.45. The molecule has 0 bridgehead atoms. The smallest absolute Gasteiger partial charge is 0.160 e. The molecule has 1 atom stereocenters. The summed E-state index contributed by atoms with van der Waals surface area (Å²) in [6, 6.07) is -3.41. The molecule has 0 spiro atoms. The Bertz CT molecular complexity index is 1120. The fraction of sp³-hybridized carbons (Fsp3) is 0.429. The van der Waals surface area contributed by atoms with Crippen molar-refractivity contribution in [1.82, 2.24) is 0 Å². The van der Waals surface area contributed by atoms with Gasteiger partial charge in [-0.15, -0.1) is 0 Å². The molecule has 1 N–H and O–H groups in total. The Labute approximate surface area is 167 Å². The average Bonchev–Trinajstić information content (AvgIpc) is 2.79. The minimum atomic E-state index is -2.98. The van der Waals surface area contributed by atoms with Crippen LogP contribution in [0.4, 0.5) is 0 Å². The van der Waals surface area contributed by atoms with E-state index in [0.29, 0.717) is 0 Å². The number of aliphatic hydroxyl groups is 1. The zero-order valence-corrected chi connectivity index (χ0v) is 14.1. The lowest BCUT2D eigenvalue weighted by Crippen LogP contribution is -2.17. The Hall–Kier alpha value is -2.20. The third-order valence-corrected chi connectivity index (χ3v) is 3.21. The molecule has 0 radical (unpaired) electrons. The second-order valence-corrected chi connectivity index (χ2v) is 5.20. The van der Waals surface area contributed by atoms with Crippen LogP contribution in [0, 0.1) is 6.92 Å². The van der Waals surface area contributed by atoms with E-state index in [0.717, 1.165) is 7.11 Å². The highest BCUT2D eigenvalue weighted by Crippen LogP contribution is 2.28. The Morgan fingerprint density at radius 1 is 1.16 bits per heavy atom. The molecule has 1 unspecified atom stereocenters. The molecule has 2 aromatic rings. The fourth-order valence-corrected chi connectivity index (χ4v) is 1.98. The zero-order chi connectivity index (χ0) is 28.5. The van der Waals surface area contributed by atoms with E-state index in [9.17, 15) is 5.11 Å². The topological polar surface area (TPSA) is 47.9 Å². The molecule has 0 aromatic heterocycles. The van der Waals surface area contributed by atoms with Gasteiger partial charge in [0.15, 0.2) is 11.5 Å². The first-order valence-corrected chi connectivity index (χ1v) is 7.69. The highest BCUT2D eigenvalue weighted by atomic mass is 16.5. The molecule has 0 heterocycles. The molecule has 136 valence electrons. The summed E-state index contributed by atoms with van der Waals surface area (Å²) < 4.78 is 110. The van der Waals surface area contributed by atoms with Crippen LogP contribution in [0.25, 0.3) is 0 Å². The van der Waals surface area contributed by atoms with Crippen LogP contribution in [0.5, 0.6) is 17.2 Å². The fourth-order valence-electron chi connectivity index (χ4n) is 1.98. The molecule has 0 amide bonds. The molecule has 0 aliphatic rings. The van der Waals surface area contributed by atoms with Crippen LogP contribution < -0.4 is 14.2 Å². The molecular weight excluding hydrogens is 316 g/mol. The van der Waals surface area contributed by atoms with E-state index < -0.39 is 66.8 Å². The van der Waals surface area contributed by atoms with Crippen LogP contribution in [0.3, 0.4) is 0 Å². The summed E-state index contributed by atoms with van der Waals surface area (Å²) in [7, 11) is -1.88. The predicted octanol–water partition coefficient (Wildman–Crippen LogP) is 4.16. The van der Waals surface area contributed by atoms with Crippen molar-refractivity contribution < 1.29 is 35.8 Å². The summed E-state index contributed by atoms with van der Waals surface area (Å²) in [4.78, 5) is 0. The van der Waals surface area contributed by atoms with Gasteiger partial charge in [0.2, 0.25) is 0 Å². The Morgan fingerprint density at radius 3 is 2.84 bits per heavy atom. The summed E-state index contributed by atoms with van der Waals surface area (Å²) in [5, 5.41) is 10.3. The number of ether oxygens (including phenoxy) is 3. The minimum absolute atomic E-state index is 0.00912. The lowest BCUT2D eigenvalue weighted by molar-refractivity contribution is 0.0976. The van der Waals surface area contributed by atoms with E-state index in [-0.39, 0.29) is 49.3 Å². The summed E-state index contributed by atoms with van der Waals surface area (Å²) in [5.74, 6) is -1.37. The number of hydrogen-bond donors (Lipinski definition) is 1. The van der Waals surface area contributed by atoms with Gasteiger partial charge in [-0.1, -0.05) is 24.5 Å². The lowest BCUT2D eigenvalue weighted by Gasteiger charge is -2.13. The average molecular weight is 357 g/mol. The molecule has 0 fully saturated rings. The first-order chi connectivity index (χ1) is 16.9. The van der Waals surface area contributed by atoms with E-state index in [1.54, 1.807) is 0 Å². The van der Waals surface area contributed by atoms with Gasteiger partial charge < -0.3 is 19.3 Å². The van der Waals surface area contributed by atoms with E-state index in [4.69, 9.17) is 30.7 Å². The summed E-state index contributed by atoms with van der Waals surface area (Å²) in [5.41, 5.74) is -0.319. The molecule has 4 nitrogen and oxygen atoms in total. The minimum Gasteiger partial charge on any atom is -0.493 e. The van der Waals surface area contributed by atoms with Gasteiger partial charge in [-0.2, -0.15) is 0 Å². The van der Waals surface area contributed by atoms with Crippen LogP contribution in [-0.2, 0) is 6.37 Å². The van der Waals surface area contributed by atoms with Crippen molar-refractivity contribution >= 4 is 0 Å². The van der Waals surface area contributed by atoms with E-state index >= 15 is 0 Å². The number of methoxy groups -OCH3 is 2. The highest BCUT2D eigenvalue weighted by molar-refractivity contribution is 5.42. The largest absolute Gasteiger partial charge is 0.493 e. The number of hydrogen-bond acceptors (Lipinski definition) is 4. The molecule has 4 heteroatoms. The monoisotopic (exact) mass is 356 g/mol. The van der Waals surface area contributed by atoms with Crippen molar-refractivity contribution in [3.05, 3.63) is 53.4 Å². The number of aliphatic hydroxyl groups excluding tert-OH is 1. The van der Waals surface area contributed by atoms with Crippen LogP contribution >= 0.6 is 0 Å². The molecule has 2 rings (SSSR count). The highest BCUT2D eigenvalue weighted by Gasteiger charge is 2.07. The molecule has 2 aromatic carbocycles. The van der Waals surface area contributed by atoms with E-state index in [2.05, 4.69) is 0 Å². The summed E-state index contributed by atoms with van der Waals surface area (Å²) >= 11 is 0. The van der Waals surface area contributed by atoms with Crippen LogP contribution in [-0.4, -0.2) is 32.0 Å². The van der Waals surface area contributed by atoms with Crippen molar-refractivity contribution in [2.24, 2.45) is 0 Å². The predicted molar refractivity (Wildman–Crippen MR) is 99.8 cm³/mol. The van der Waals surface area contributed by atoms with Gasteiger partial charge in [-0.05, 0) is 61.4 Å². The maximum absolute atomic E-state index is 10.3. The Kier molecular flexibility index (Phi) is 3.36. The summed E-state index contributed by atoms with van der Waals surface area (Å²) in [6.45, 7) is 1.10. The second kappa shape index (κ2) is 9.94. The molecular formula is C21H28O4. The maximum atomic E-state index is 10.3. The molecule has 0 aliphatic heterocycles. The van der Waals surface area contributed by atoms with Gasteiger partial charge in [0, 0.05) is 2.74 Å². The Balaban J connectivity index is 2.15. The zero-order valence-electron chi connectivity index (χ0n) is 26.1. The standard InChI is InChI=1S/C21H28O4/c1-16-7-6-10-19(13-16)25-15-18(22)9-5-4-8-17-11-12-20(23-2)21(14-17)24-3/h6-7,10-14,18,22H,4-5,8-9,15H2,1-3H3/i2D3,6D,7D,8D2,10D,11D,12D,13D,14D. The van der Waals surface area contributed by atoms with Crippen molar-refractivity contribution in [1.29, 1.82) is 0 Å². The Morgan fingerprint density at radius 2 is 2.04 bits per heavy atom. The van der Waals surface area contributed by atoms with Gasteiger partial charge in [-0.3, -0.25) is 0 Å². The second-order valence-electron chi connectivity index (χ2n) is 5.20. The van der Waals surface area contributed by atoms with Crippen LogP contribution in [0.15, 0.2) is 42.3 Å². The molecule has 0 aliphatic carbocycles. The molecule has 0 saturated carbocycles. The first-order valence-electron chi connectivity index (χ1n) is 13.7. The van der Waals surface area contributed by atoms with Gasteiger partial charge in [0.05, 0.1) is 34.0 Å². The number of rotatable bonds is 10. The SMILES string of the molecule is [2H]c1c([2H])c(C)c([2H])c(OCC(O)CCCC([2H])([2H])c2c([2H])c([2H])c(OC([2H])([2H])[2H])c(OC)c2[2H])c1[2H]. The summed E-state index contributed by atoms with van der Waals surface area (Å²) in [6.07, 6.45) is -3.67. The van der Waals surface area contributed by atoms with E-state index in [1.165, 1.54) is 6.92 Å².